The lowest BCUT2D eigenvalue weighted by Crippen LogP contribution is -2.21. The van der Waals surface area contributed by atoms with Crippen LogP contribution in [0, 0.1) is 0 Å². The minimum Gasteiger partial charge on any atom is -0.295 e. The summed E-state index contributed by atoms with van der Waals surface area (Å²) in [5, 5.41) is 0. The Hall–Kier alpha value is -2.52. The van der Waals surface area contributed by atoms with Crippen LogP contribution >= 0.6 is 0 Å². The quantitative estimate of drug-likeness (QED) is 0.671. The molecule has 126 valence electrons. The number of halogens is 1. The molecule has 1 fully saturated rings. The first kappa shape index (κ1) is 16.0. The van der Waals surface area contributed by atoms with Crippen molar-refractivity contribution in [2.24, 2.45) is 0 Å². The van der Waals surface area contributed by atoms with E-state index in [1.54, 1.807) is 0 Å². The van der Waals surface area contributed by atoms with Gasteiger partial charge in [-0.1, -0.05) is 54.6 Å². The molecule has 3 aromatic rings. The van der Waals surface area contributed by atoms with Gasteiger partial charge in [-0.3, -0.25) is 9.88 Å². The molecule has 1 saturated heterocycles. The topological polar surface area (TPSA) is 16.1 Å². The fraction of sp³-hybridized carbons (Fsp3) is 0.227. The number of hydrogen-bond donors (Lipinski definition) is 0. The Bertz CT molecular complexity index is 830. The second-order valence-corrected chi connectivity index (χ2v) is 6.60. The van der Waals surface area contributed by atoms with Gasteiger partial charge in [-0.2, -0.15) is 0 Å². The second kappa shape index (κ2) is 7.16. The lowest BCUT2D eigenvalue weighted by atomic mass is 10.0. The third-order valence-corrected chi connectivity index (χ3v) is 4.74. The van der Waals surface area contributed by atoms with Gasteiger partial charge in [0.15, 0.2) is 0 Å². The Kier molecular flexibility index (Phi) is 4.57. The fourth-order valence-electron chi connectivity index (χ4n) is 3.39. The summed E-state index contributed by atoms with van der Waals surface area (Å²) in [6.45, 7) is 2.06. The Morgan fingerprint density at radius 2 is 1.56 bits per heavy atom. The van der Waals surface area contributed by atoms with Crippen LogP contribution in [0.4, 0.5) is 4.39 Å². The number of likely N-dealkylation sites (tertiary alicyclic amines) is 1. The Labute approximate surface area is 148 Å². The minimum absolute atomic E-state index is 0.525. The zero-order chi connectivity index (χ0) is 17.1. The lowest BCUT2D eigenvalue weighted by molar-refractivity contribution is 0.280. The number of alkyl halides is 1. The van der Waals surface area contributed by atoms with Crippen LogP contribution in [-0.2, 0) is 6.54 Å². The van der Waals surface area contributed by atoms with Crippen LogP contribution in [0.15, 0.2) is 72.9 Å². The Morgan fingerprint density at radius 3 is 2.24 bits per heavy atom. The van der Waals surface area contributed by atoms with Gasteiger partial charge in [-0.25, -0.2) is 4.39 Å². The van der Waals surface area contributed by atoms with Gasteiger partial charge >= 0.3 is 0 Å². The molecule has 1 aliphatic rings. The van der Waals surface area contributed by atoms with Crippen LogP contribution in [0.3, 0.4) is 0 Å². The van der Waals surface area contributed by atoms with Gasteiger partial charge in [0.25, 0.3) is 0 Å². The average molecular weight is 332 g/mol. The van der Waals surface area contributed by atoms with Crippen LogP contribution in [0.1, 0.15) is 12.1 Å². The number of rotatable bonds is 4. The van der Waals surface area contributed by atoms with E-state index in [0.717, 1.165) is 24.3 Å². The molecule has 0 unspecified atom stereocenters. The minimum atomic E-state index is -0.686. The predicted molar refractivity (Wildman–Crippen MR) is 99.9 cm³/mol. The highest BCUT2D eigenvalue weighted by molar-refractivity contribution is 5.70. The van der Waals surface area contributed by atoms with Crippen LogP contribution in [0.25, 0.3) is 22.3 Å². The van der Waals surface area contributed by atoms with E-state index in [1.165, 1.54) is 16.7 Å². The average Bonchev–Trinajstić information content (AvgIpc) is 3.07. The van der Waals surface area contributed by atoms with Gasteiger partial charge in [-0.05, 0) is 40.8 Å². The molecule has 1 aliphatic heterocycles. The van der Waals surface area contributed by atoms with Gasteiger partial charge < -0.3 is 0 Å². The van der Waals surface area contributed by atoms with Crippen LogP contribution in [0.2, 0.25) is 0 Å². The molecule has 2 aromatic carbocycles. The standard InChI is InChI=1S/C22H21FN2/c23-21-11-13-25(15-21)16-22-14-20(10-12-24-22)19-8-6-18(7-9-19)17-4-2-1-3-5-17/h1-10,12,14,21H,11,13,15-16H2/t21-/m1/s1. The van der Waals surface area contributed by atoms with E-state index >= 15 is 0 Å². The Balaban J connectivity index is 1.52. The monoisotopic (exact) mass is 332 g/mol. The molecule has 1 aromatic heterocycles. The molecule has 0 N–H and O–H groups in total. The van der Waals surface area contributed by atoms with E-state index in [-0.39, 0.29) is 0 Å². The molecule has 0 radical (unpaired) electrons. The van der Waals surface area contributed by atoms with Crippen molar-refractivity contribution < 1.29 is 4.39 Å². The van der Waals surface area contributed by atoms with Gasteiger partial charge in [0.2, 0.25) is 0 Å². The smallest absolute Gasteiger partial charge is 0.114 e. The van der Waals surface area contributed by atoms with E-state index in [9.17, 15) is 4.39 Å². The maximum absolute atomic E-state index is 13.3. The molecular formula is C22H21FN2. The molecule has 4 rings (SSSR count). The summed E-state index contributed by atoms with van der Waals surface area (Å²) in [7, 11) is 0. The van der Waals surface area contributed by atoms with Crippen molar-refractivity contribution in [2.45, 2.75) is 19.1 Å². The third-order valence-electron chi connectivity index (χ3n) is 4.74. The summed E-state index contributed by atoms with van der Waals surface area (Å²) in [5.41, 5.74) is 5.76. The van der Waals surface area contributed by atoms with Crippen molar-refractivity contribution in [2.75, 3.05) is 13.1 Å². The van der Waals surface area contributed by atoms with E-state index in [2.05, 4.69) is 64.5 Å². The first-order valence-electron chi connectivity index (χ1n) is 8.75. The van der Waals surface area contributed by atoms with E-state index in [1.807, 2.05) is 18.3 Å². The van der Waals surface area contributed by atoms with E-state index in [0.29, 0.717) is 13.0 Å². The number of hydrogen-bond acceptors (Lipinski definition) is 2. The summed E-state index contributed by atoms with van der Waals surface area (Å²) in [6.07, 6.45) is 1.80. The maximum Gasteiger partial charge on any atom is 0.114 e. The zero-order valence-corrected chi connectivity index (χ0v) is 14.1. The molecule has 3 heteroatoms. The normalized spacial score (nSPS) is 17.7. The molecule has 0 amide bonds. The molecule has 0 aliphatic carbocycles. The molecule has 1 atom stereocenters. The van der Waals surface area contributed by atoms with Gasteiger partial charge in [0.05, 0.1) is 5.69 Å². The van der Waals surface area contributed by atoms with E-state index < -0.39 is 6.17 Å². The number of pyridine rings is 1. The van der Waals surface area contributed by atoms with Crippen molar-refractivity contribution in [3.8, 4) is 22.3 Å². The summed E-state index contributed by atoms with van der Waals surface area (Å²) in [5.74, 6) is 0. The largest absolute Gasteiger partial charge is 0.295 e. The van der Waals surface area contributed by atoms with Crippen LogP contribution in [0.5, 0.6) is 0 Å². The van der Waals surface area contributed by atoms with Gasteiger partial charge in [0, 0.05) is 25.8 Å². The van der Waals surface area contributed by atoms with Gasteiger partial charge in [-0.15, -0.1) is 0 Å². The molecular weight excluding hydrogens is 311 g/mol. The number of aromatic nitrogens is 1. The SMILES string of the molecule is F[C@@H]1CCN(Cc2cc(-c3ccc(-c4ccccc4)cc3)ccn2)C1. The highest BCUT2D eigenvalue weighted by Crippen LogP contribution is 2.25. The van der Waals surface area contributed by atoms with Crippen molar-refractivity contribution in [1.29, 1.82) is 0 Å². The summed E-state index contributed by atoms with van der Waals surface area (Å²) >= 11 is 0. The van der Waals surface area contributed by atoms with Crippen molar-refractivity contribution in [1.82, 2.24) is 9.88 Å². The molecule has 25 heavy (non-hydrogen) atoms. The molecule has 0 bridgehead atoms. The van der Waals surface area contributed by atoms with Crippen molar-refractivity contribution >= 4 is 0 Å². The summed E-state index contributed by atoms with van der Waals surface area (Å²) < 4.78 is 13.3. The Morgan fingerprint density at radius 1 is 0.880 bits per heavy atom. The molecule has 0 spiro atoms. The highest BCUT2D eigenvalue weighted by Gasteiger charge is 2.21. The van der Waals surface area contributed by atoms with E-state index in [4.69, 9.17) is 0 Å². The van der Waals surface area contributed by atoms with Gasteiger partial charge in [0.1, 0.15) is 6.17 Å². The number of benzene rings is 2. The highest BCUT2D eigenvalue weighted by atomic mass is 19.1. The summed E-state index contributed by atoms with van der Waals surface area (Å²) in [4.78, 5) is 6.59. The van der Waals surface area contributed by atoms with Crippen LogP contribution < -0.4 is 0 Å². The van der Waals surface area contributed by atoms with Crippen molar-refractivity contribution in [3.63, 3.8) is 0 Å². The molecule has 2 nitrogen and oxygen atoms in total. The molecule has 2 heterocycles. The first-order valence-corrected chi connectivity index (χ1v) is 8.75. The second-order valence-electron chi connectivity index (χ2n) is 6.60. The van der Waals surface area contributed by atoms with Crippen LogP contribution in [-0.4, -0.2) is 29.1 Å². The predicted octanol–water partition coefficient (Wildman–Crippen LogP) is 4.96. The summed E-state index contributed by atoms with van der Waals surface area (Å²) in [6, 6.07) is 23.1. The van der Waals surface area contributed by atoms with Crippen molar-refractivity contribution in [3.05, 3.63) is 78.6 Å². The maximum atomic E-state index is 13.3. The first-order chi connectivity index (χ1) is 12.3. The zero-order valence-electron chi connectivity index (χ0n) is 14.1. The third kappa shape index (κ3) is 3.77. The molecule has 0 saturated carbocycles. The lowest BCUT2D eigenvalue weighted by Gasteiger charge is -2.14. The number of nitrogens with zero attached hydrogens (tertiary/aromatic N) is 2. The fourth-order valence-corrected chi connectivity index (χ4v) is 3.39.